The molecule has 1 heterocycles. The van der Waals surface area contributed by atoms with E-state index in [0.29, 0.717) is 22.8 Å². The molecule has 35 heavy (non-hydrogen) atoms. The number of hydrogen-bond donors (Lipinski definition) is 2. The van der Waals surface area contributed by atoms with Crippen molar-refractivity contribution in [2.75, 3.05) is 13.6 Å². The van der Waals surface area contributed by atoms with Crippen molar-refractivity contribution in [2.45, 2.75) is 37.1 Å². The van der Waals surface area contributed by atoms with Crippen LogP contribution in [-0.4, -0.2) is 29.3 Å². The molecule has 1 saturated carbocycles. The highest BCUT2D eigenvalue weighted by Gasteiger charge is 2.37. The number of benzene rings is 2. The summed E-state index contributed by atoms with van der Waals surface area (Å²) in [6.45, 7) is 0.536. The first kappa shape index (κ1) is 30.9. The van der Waals surface area contributed by atoms with Crippen molar-refractivity contribution in [3.8, 4) is 11.3 Å². The number of nitrogens with zero attached hydrogens (tertiary/aromatic N) is 2. The molecule has 1 aliphatic rings. The van der Waals surface area contributed by atoms with Crippen LogP contribution in [0, 0.1) is 0 Å². The van der Waals surface area contributed by atoms with E-state index in [9.17, 15) is 9.59 Å². The number of nitrogens with one attached hydrogen (secondary N) is 1. The lowest BCUT2D eigenvalue weighted by Gasteiger charge is -2.40. The molecule has 6 nitrogen and oxygen atoms in total. The average molecular weight is 560 g/mol. The standard InChI is InChI=1S/C25H27ClN4O2.3ClH/c1-28-24(32)18-5-2-4-17(14-18)22-8-9-23(31)30(29-22)21-10-12-25(16-27,13-11-21)19-6-3-7-20(26)15-19;;;/h2-9,14-15,21H,10-13,16,27H2,1H3,(H,28,32);3*1H/t21-,25-;;;. The van der Waals surface area contributed by atoms with E-state index in [1.165, 1.54) is 0 Å². The van der Waals surface area contributed by atoms with Crippen LogP contribution in [0.15, 0.2) is 65.5 Å². The third kappa shape index (κ3) is 6.57. The van der Waals surface area contributed by atoms with Crippen LogP contribution in [0.1, 0.15) is 47.6 Å². The van der Waals surface area contributed by atoms with Crippen LogP contribution in [0.3, 0.4) is 0 Å². The molecule has 0 spiro atoms. The summed E-state index contributed by atoms with van der Waals surface area (Å²) in [5, 5.41) is 8.01. The fourth-order valence-corrected chi connectivity index (χ4v) is 4.82. The molecule has 1 amide bonds. The summed E-state index contributed by atoms with van der Waals surface area (Å²) in [4.78, 5) is 24.7. The van der Waals surface area contributed by atoms with Crippen LogP contribution in [0.5, 0.6) is 0 Å². The van der Waals surface area contributed by atoms with Gasteiger partial charge in [-0.25, -0.2) is 4.68 Å². The van der Waals surface area contributed by atoms with Gasteiger partial charge in [-0.1, -0.05) is 35.9 Å². The highest BCUT2D eigenvalue weighted by atomic mass is 35.5. The molecule has 0 unspecified atom stereocenters. The Labute approximate surface area is 228 Å². The van der Waals surface area contributed by atoms with Crippen LogP contribution in [0.4, 0.5) is 0 Å². The van der Waals surface area contributed by atoms with Gasteiger partial charge in [-0.3, -0.25) is 9.59 Å². The number of amides is 1. The lowest BCUT2D eigenvalue weighted by Crippen LogP contribution is -2.41. The van der Waals surface area contributed by atoms with Gasteiger partial charge in [-0.15, -0.1) is 37.2 Å². The third-order valence-electron chi connectivity index (χ3n) is 6.56. The van der Waals surface area contributed by atoms with E-state index in [1.807, 2.05) is 30.3 Å². The van der Waals surface area contributed by atoms with E-state index in [4.69, 9.17) is 17.3 Å². The van der Waals surface area contributed by atoms with Gasteiger partial charge in [-0.05, 0) is 61.6 Å². The number of carbonyl (C=O) groups is 1. The van der Waals surface area contributed by atoms with Gasteiger partial charge in [0.15, 0.2) is 0 Å². The van der Waals surface area contributed by atoms with Crippen molar-refractivity contribution in [1.82, 2.24) is 15.1 Å². The fourth-order valence-electron chi connectivity index (χ4n) is 4.63. The summed E-state index contributed by atoms with van der Waals surface area (Å²) in [5.41, 5.74) is 9.14. The molecule has 0 aliphatic heterocycles. The van der Waals surface area contributed by atoms with Crippen LogP contribution in [0.2, 0.25) is 5.02 Å². The summed E-state index contributed by atoms with van der Waals surface area (Å²) in [6, 6.07) is 18.4. The Hall–Kier alpha value is -2.09. The molecular formula is C25H30Cl4N4O2. The van der Waals surface area contributed by atoms with E-state index < -0.39 is 0 Å². The first-order valence-corrected chi connectivity index (χ1v) is 11.2. The van der Waals surface area contributed by atoms with Crippen LogP contribution in [0.25, 0.3) is 11.3 Å². The van der Waals surface area contributed by atoms with Crippen molar-refractivity contribution in [3.05, 3.63) is 87.2 Å². The van der Waals surface area contributed by atoms with E-state index in [1.54, 1.807) is 36.0 Å². The Balaban J connectivity index is 0.00000204. The number of halogens is 4. The van der Waals surface area contributed by atoms with E-state index in [-0.39, 0.29) is 60.1 Å². The number of aromatic nitrogens is 2. The molecule has 3 aromatic rings. The van der Waals surface area contributed by atoms with E-state index in [0.717, 1.165) is 36.8 Å². The fraction of sp³-hybridized carbons (Fsp3) is 0.320. The first-order valence-electron chi connectivity index (χ1n) is 10.8. The number of nitrogens with two attached hydrogens (primary N) is 1. The topological polar surface area (TPSA) is 90.0 Å². The Kier molecular flexibility index (Phi) is 11.7. The molecule has 2 aromatic carbocycles. The third-order valence-corrected chi connectivity index (χ3v) is 6.79. The molecule has 0 bridgehead atoms. The quantitative estimate of drug-likeness (QED) is 0.449. The number of carbonyl (C=O) groups excluding carboxylic acids is 1. The molecule has 3 N–H and O–H groups in total. The highest BCUT2D eigenvalue weighted by Crippen LogP contribution is 2.42. The highest BCUT2D eigenvalue weighted by molar-refractivity contribution is 6.30. The summed E-state index contributed by atoms with van der Waals surface area (Å²) >= 11 is 6.22. The molecule has 4 rings (SSSR count). The Morgan fingerprint density at radius 3 is 2.40 bits per heavy atom. The molecule has 0 radical (unpaired) electrons. The van der Waals surface area contributed by atoms with Gasteiger partial charge in [0.1, 0.15) is 0 Å². The molecule has 1 aromatic heterocycles. The lowest BCUT2D eigenvalue weighted by atomic mass is 9.68. The second-order valence-corrected chi connectivity index (χ2v) is 8.82. The van der Waals surface area contributed by atoms with Crippen molar-refractivity contribution >= 4 is 54.7 Å². The second-order valence-electron chi connectivity index (χ2n) is 8.39. The van der Waals surface area contributed by atoms with Gasteiger partial charge >= 0.3 is 0 Å². The molecular weight excluding hydrogens is 530 g/mol. The van der Waals surface area contributed by atoms with Crippen molar-refractivity contribution in [3.63, 3.8) is 0 Å². The minimum atomic E-state index is -0.161. The van der Waals surface area contributed by atoms with Gasteiger partial charge in [0.25, 0.3) is 11.5 Å². The molecule has 0 atom stereocenters. The van der Waals surface area contributed by atoms with Gasteiger partial charge in [-0.2, -0.15) is 5.10 Å². The maximum Gasteiger partial charge on any atom is 0.267 e. The summed E-state index contributed by atoms with van der Waals surface area (Å²) in [5.74, 6) is -0.161. The average Bonchev–Trinajstić information content (AvgIpc) is 2.84. The van der Waals surface area contributed by atoms with Crippen LogP contribution < -0.4 is 16.6 Å². The van der Waals surface area contributed by atoms with Gasteiger partial charge in [0, 0.05) is 41.2 Å². The maximum atomic E-state index is 12.7. The molecule has 1 fully saturated rings. The maximum absolute atomic E-state index is 12.7. The van der Waals surface area contributed by atoms with Gasteiger partial charge < -0.3 is 11.1 Å². The van der Waals surface area contributed by atoms with Gasteiger partial charge in [0.2, 0.25) is 0 Å². The van der Waals surface area contributed by atoms with Crippen LogP contribution in [-0.2, 0) is 5.41 Å². The minimum absolute atomic E-state index is 0. The summed E-state index contributed by atoms with van der Waals surface area (Å²) in [6.07, 6.45) is 3.33. The predicted molar refractivity (Wildman–Crippen MR) is 149 cm³/mol. The monoisotopic (exact) mass is 558 g/mol. The summed E-state index contributed by atoms with van der Waals surface area (Å²) < 4.78 is 1.60. The van der Waals surface area contributed by atoms with Crippen molar-refractivity contribution in [1.29, 1.82) is 0 Å². The van der Waals surface area contributed by atoms with Crippen LogP contribution >= 0.6 is 48.8 Å². The number of hydrogen-bond acceptors (Lipinski definition) is 4. The molecule has 10 heteroatoms. The Morgan fingerprint density at radius 1 is 1.09 bits per heavy atom. The summed E-state index contributed by atoms with van der Waals surface area (Å²) in [7, 11) is 1.60. The van der Waals surface area contributed by atoms with E-state index in [2.05, 4.69) is 16.5 Å². The predicted octanol–water partition coefficient (Wildman–Crippen LogP) is 5.20. The molecule has 1 aliphatic carbocycles. The van der Waals surface area contributed by atoms with Crippen molar-refractivity contribution < 1.29 is 4.79 Å². The number of rotatable bonds is 5. The Bertz CT molecular complexity index is 1190. The largest absolute Gasteiger partial charge is 0.355 e. The molecule has 0 saturated heterocycles. The Morgan fingerprint density at radius 2 is 1.77 bits per heavy atom. The minimum Gasteiger partial charge on any atom is -0.355 e. The smallest absolute Gasteiger partial charge is 0.267 e. The zero-order valence-corrected chi connectivity index (χ0v) is 22.5. The van der Waals surface area contributed by atoms with Crippen molar-refractivity contribution in [2.24, 2.45) is 5.73 Å². The van der Waals surface area contributed by atoms with E-state index >= 15 is 0 Å². The SMILES string of the molecule is CNC(=O)c1cccc(-c2ccc(=O)n([C@H]3CC[C@](CN)(c4cccc(Cl)c4)CC3)n2)c1.Cl.Cl.Cl. The normalized spacial score (nSPS) is 18.9. The zero-order valence-electron chi connectivity index (χ0n) is 19.3. The lowest BCUT2D eigenvalue weighted by molar-refractivity contribution is 0.0963. The second kappa shape index (κ2) is 13.3. The first-order chi connectivity index (χ1) is 15.5. The molecule has 190 valence electrons. The van der Waals surface area contributed by atoms with Gasteiger partial charge in [0.05, 0.1) is 11.7 Å². The zero-order chi connectivity index (χ0) is 22.7.